The lowest BCUT2D eigenvalue weighted by molar-refractivity contribution is 0.670. The van der Waals surface area contributed by atoms with Gasteiger partial charge in [-0.3, -0.25) is 0 Å². The van der Waals surface area contributed by atoms with Gasteiger partial charge in [-0.2, -0.15) is 0 Å². The highest BCUT2D eigenvalue weighted by Gasteiger charge is 2.16. The van der Waals surface area contributed by atoms with Crippen molar-refractivity contribution in [1.29, 1.82) is 0 Å². The molecule has 0 saturated carbocycles. The van der Waals surface area contributed by atoms with Crippen molar-refractivity contribution in [3.05, 3.63) is 212 Å². The van der Waals surface area contributed by atoms with Crippen LogP contribution in [0.4, 0.5) is 17.1 Å². The molecule has 0 atom stereocenters. The highest BCUT2D eigenvalue weighted by atomic mass is 16.3. The molecule has 0 unspecified atom stereocenters. The molecule has 0 N–H and O–H groups in total. The van der Waals surface area contributed by atoms with Crippen LogP contribution >= 0.6 is 0 Å². The number of nitrogens with zero attached hydrogens (tertiary/aromatic N) is 1. The third kappa shape index (κ3) is 5.81. The molecule has 9 aromatic carbocycles. The van der Waals surface area contributed by atoms with Crippen molar-refractivity contribution in [2.45, 2.75) is 0 Å². The van der Waals surface area contributed by atoms with Crippen LogP contribution in [0.2, 0.25) is 0 Å². The molecule has 0 radical (unpaired) electrons. The molecular weight excluding hydrogens is 655 g/mol. The summed E-state index contributed by atoms with van der Waals surface area (Å²) in [4.78, 5) is 2.34. The topological polar surface area (TPSA) is 16.4 Å². The first-order valence-corrected chi connectivity index (χ1v) is 18.4. The van der Waals surface area contributed by atoms with Crippen LogP contribution in [-0.2, 0) is 0 Å². The second-order valence-corrected chi connectivity index (χ2v) is 13.8. The van der Waals surface area contributed by atoms with Crippen LogP contribution in [-0.4, -0.2) is 0 Å². The van der Waals surface area contributed by atoms with Gasteiger partial charge < -0.3 is 9.32 Å². The minimum atomic E-state index is 0.907. The molecule has 0 bridgehead atoms. The van der Waals surface area contributed by atoms with Crippen molar-refractivity contribution in [2.75, 3.05) is 4.90 Å². The molecule has 0 fully saturated rings. The first-order chi connectivity index (χ1) is 26.7. The SMILES string of the molecule is c1ccc(-c2cccc(N(c3ccc(-c4cccc(-c5ccc6ccccc6c5)c4)cc3)c3ccc(-c4cccc5c4oc4ccccc45)cc3)c2)cc1. The third-order valence-corrected chi connectivity index (χ3v) is 10.5. The number of hydrogen-bond donors (Lipinski definition) is 0. The summed E-state index contributed by atoms with van der Waals surface area (Å²) in [6.45, 7) is 0. The summed E-state index contributed by atoms with van der Waals surface area (Å²) < 4.78 is 6.40. The fourth-order valence-electron chi connectivity index (χ4n) is 7.72. The summed E-state index contributed by atoms with van der Waals surface area (Å²) in [5.74, 6) is 0. The Kier molecular flexibility index (Phi) is 7.85. The number of para-hydroxylation sites is 2. The van der Waals surface area contributed by atoms with E-state index in [4.69, 9.17) is 4.42 Å². The number of benzene rings is 9. The molecule has 1 heterocycles. The number of rotatable bonds is 7. The molecule has 0 aliphatic heterocycles. The smallest absolute Gasteiger partial charge is 0.143 e. The Morgan fingerprint density at radius 2 is 0.833 bits per heavy atom. The van der Waals surface area contributed by atoms with Crippen molar-refractivity contribution in [2.24, 2.45) is 0 Å². The fourth-order valence-corrected chi connectivity index (χ4v) is 7.72. The molecule has 10 rings (SSSR count). The molecule has 0 spiro atoms. The van der Waals surface area contributed by atoms with Gasteiger partial charge in [0.05, 0.1) is 0 Å². The number of furan rings is 1. The van der Waals surface area contributed by atoms with E-state index in [2.05, 4.69) is 205 Å². The molecule has 254 valence electrons. The lowest BCUT2D eigenvalue weighted by Crippen LogP contribution is -2.10. The highest BCUT2D eigenvalue weighted by Crippen LogP contribution is 2.40. The Labute approximate surface area is 314 Å². The molecule has 0 aliphatic rings. The predicted molar refractivity (Wildman–Crippen MR) is 228 cm³/mol. The zero-order valence-electron chi connectivity index (χ0n) is 29.6. The van der Waals surface area contributed by atoms with Crippen LogP contribution in [0, 0.1) is 0 Å². The van der Waals surface area contributed by atoms with E-state index < -0.39 is 0 Å². The number of hydrogen-bond acceptors (Lipinski definition) is 2. The quantitative estimate of drug-likeness (QED) is 0.166. The van der Waals surface area contributed by atoms with Crippen LogP contribution in [0.25, 0.3) is 77.2 Å². The molecule has 2 heteroatoms. The van der Waals surface area contributed by atoms with E-state index in [-0.39, 0.29) is 0 Å². The van der Waals surface area contributed by atoms with Crippen molar-refractivity contribution >= 4 is 49.8 Å². The standard InChI is InChI=1S/C52H35NO/c1-2-11-36(12-3-1)43-17-9-18-47(35-43)53(46-31-27-39(28-32-46)48-20-10-21-50-49-19-6-7-22-51(49)54-52(48)50)45-29-25-38(26-30-45)41-15-8-16-42(33-41)44-24-23-37-13-4-5-14-40(37)34-44/h1-35H. The average molecular weight is 690 g/mol. The summed E-state index contributed by atoms with van der Waals surface area (Å²) in [5.41, 5.74) is 14.4. The summed E-state index contributed by atoms with van der Waals surface area (Å²) in [5, 5.41) is 4.78. The Morgan fingerprint density at radius 3 is 1.63 bits per heavy atom. The Morgan fingerprint density at radius 1 is 0.296 bits per heavy atom. The number of fused-ring (bicyclic) bond motifs is 4. The Bertz CT molecular complexity index is 2920. The van der Waals surface area contributed by atoms with Crippen molar-refractivity contribution in [1.82, 2.24) is 0 Å². The van der Waals surface area contributed by atoms with Gasteiger partial charge >= 0.3 is 0 Å². The zero-order chi connectivity index (χ0) is 35.8. The second-order valence-electron chi connectivity index (χ2n) is 13.8. The van der Waals surface area contributed by atoms with Gasteiger partial charge in [0.1, 0.15) is 11.2 Å². The fraction of sp³-hybridized carbons (Fsp3) is 0. The molecule has 54 heavy (non-hydrogen) atoms. The van der Waals surface area contributed by atoms with E-state index in [1.807, 2.05) is 12.1 Å². The van der Waals surface area contributed by atoms with E-state index in [9.17, 15) is 0 Å². The van der Waals surface area contributed by atoms with Gasteiger partial charge in [-0.15, -0.1) is 0 Å². The van der Waals surface area contributed by atoms with Crippen LogP contribution in [0.15, 0.2) is 217 Å². The molecule has 0 amide bonds. The lowest BCUT2D eigenvalue weighted by atomic mass is 9.97. The van der Waals surface area contributed by atoms with E-state index >= 15 is 0 Å². The maximum atomic E-state index is 6.40. The molecule has 0 aliphatic carbocycles. The van der Waals surface area contributed by atoms with Crippen LogP contribution in [0.1, 0.15) is 0 Å². The average Bonchev–Trinajstić information content (AvgIpc) is 3.64. The van der Waals surface area contributed by atoms with Gasteiger partial charge in [-0.1, -0.05) is 158 Å². The van der Waals surface area contributed by atoms with Gasteiger partial charge in [0.25, 0.3) is 0 Å². The predicted octanol–water partition coefficient (Wildman–Crippen LogP) is 14.9. The lowest BCUT2D eigenvalue weighted by Gasteiger charge is -2.26. The first kappa shape index (κ1) is 31.6. The van der Waals surface area contributed by atoms with Crippen LogP contribution in [0.5, 0.6) is 0 Å². The van der Waals surface area contributed by atoms with E-state index in [0.29, 0.717) is 0 Å². The molecule has 2 nitrogen and oxygen atoms in total. The maximum absolute atomic E-state index is 6.40. The molecular formula is C52H35NO. The summed E-state index contributed by atoms with van der Waals surface area (Å²) in [6, 6.07) is 75.9. The van der Waals surface area contributed by atoms with E-state index in [1.54, 1.807) is 0 Å². The van der Waals surface area contributed by atoms with E-state index in [1.165, 1.54) is 44.2 Å². The van der Waals surface area contributed by atoms with Gasteiger partial charge in [0.2, 0.25) is 0 Å². The minimum Gasteiger partial charge on any atom is -0.455 e. The highest BCUT2D eigenvalue weighted by molar-refractivity contribution is 6.09. The largest absolute Gasteiger partial charge is 0.455 e. The Balaban J connectivity index is 1.03. The Hall–Kier alpha value is -7.16. The minimum absolute atomic E-state index is 0.907. The zero-order valence-corrected chi connectivity index (χ0v) is 29.6. The van der Waals surface area contributed by atoms with Crippen molar-refractivity contribution in [3.8, 4) is 44.5 Å². The van der Waals surface area contributed by atoms with Gasteiger partial charge in [-0.25, -0.2) is 0 Å². The number of anilines is 3. The summed E-state index contributed by atoms with van der Waals surface area (Å²) in [6.07, 6.45) is 0. The van der Waals surface area contributed by atoms with Crippen LogP contribution in [0.3, 0.4) is 0 Å². The van der Waals surface area contributed by atoms with Gasteiger partial charge in [0, 0.05) is 33.4 Å². The monoisotopic (exact) mass is 689 g/mol. The van der Waals surface area contributed by atoms with Gasteiger partial charge in [0.15, 0.2) is 0 Å². The van der Waals surface area contributed by atoms with Gasteiger partial charge in [-0.05, 0) is 104 Å². The second kappa shape index (κ2) is 13.4. The first-order valence-electron chi connectivity index (χ1n) is 18.4. The molecule has 0 saturated heterocycles. The third-order valence-electron chi connectivity index (χ3n) is 10.5. The molecule has 10 aromatic rings. The van der Waals surface area contributed by atoms with Crippen molar-refractivity contribution in [3.63, 3.8) is 0 Å². The summed E-state index contributed by atoms with van der Waals surface area (Å²) >= 11 is 0. The molecule has 1 aromatic heterocycles. The van der Waals surface area contributed by atoms with E-state index in [0.717, 1.165) is 50.1 Å². The normalized spacial score (nSPS) is 11.3. The summed E-state index contributed by atoms with van der Waals surface area (Å²) in [7, 11) is 0. The van der Waals surface area contributed by atoms with Crippen LogP contribution < -0.4 is 4.90 Å². The maximum Gasteiger partial charge on any atom is 0.143 e. The van der Waals surface area contributed by atoms with Crippen molar-refractivity contribution < 1.29 is 4.42 Å².